The average molecular weight is 380 g/mol. The van der Waals surface area contributed by atoms with Crippen LogP contribution >= 0.6 is 0 Å². The number of anilines is 1. The second-order valence-electron chi connectivity index (χ2n) is 6.37. The maximum absolute atomic E-state index is 14.3. The SMILES string of the molecule is COC(=O)/C=C(/Nc1cccc(F)c1OCC1CCN(C)CC1)C(=O)OC. The molecule has 1 saturated heterocycles. The third-order valence-corrected chi connectivity index (χ3v) is 4.41. The molecule has 0 spiro atoms. The van der Waals surface area contributed by atoms with E-state index in [0.717, 1.165) is 32.0 Å². The summed E-state index contributed by atoms with van der Waals surface area (Å²) in [5.41, 5.74) is 0.0440. The van der Waals surface area contributed by atoms with Gasteiger partial charge >= 0.3 is 11.9 Å². The summed E-state index contributed by atoms with van der Waals surface area (Å²) in [6.07, 6.45) is 2.89. The number of halogens is 1. The lowest BCUT2D eigenvalue weighted by Crippen LogP contribution is -2.32. The Morgan fingerprint density at radius 1 is 1.26 bits per heavy atom. The summed E-state index contributed by atoms with van der Waals surface area (Å²) >= 11 is 0. The van der Waals surface area contributed by atoms with E-state index in [9.17, 15) is 14.0 Å². The Bertz CT molecular complexity index is 699. The van der Waals surface area contributed by atoms with Crippen molar-refractivity contribution < 1.29 is 28.2 Å². The molecule has 1 fully saturated rings. The largest absolute Gasteiger partial charge is 0.488 e. The molecule has 0 aliphatic carbocycles. The molecule has 0 radical (unpaired) electrons. The van der Waals surface area contributed by atoms with E-state index in [1.165, 1.54) is 26.4 Å². The normalized spacial score (nSPS) is 15.9. The molecule has 1 aromatic rings. The van der Waals surface area contributed by atoms with Crippen LogP contribution < -0.4 is 10.1 Å². The summed E-state index contributed by atoms with van der Waals surface area (Å²) in [5, 5.41) is 2.71. The molecular formula is C19H25FN2O5. The molecule has 1 aromatic carbocycles. The maximum Gasteiger partial charge on any atom is 0.354 e. The van der Waals surface area contributed by atoms with Crippen molar-refractivity contribution in [2.24, 2.45) is 5.92 Å². The number of ether oxygens (including phenoxy) is 3. The summed E-state index contributed by atoms with van der Waals surface area (Å²) in [6.45, 7) is 2.33. The van der Waals surface area contributed by atoms with Crippen LogP contribution in [-0.2, 0) is 19.1 Å². The number of nitrogens with one attached hydrogen (secondary N) is 1. The second kappa shape index (κ2) is 9.91. The van der Waals surface area contributed by atoms with Gasteiger partial charge in [-0.05, 0) is 51.0 Å². The van der Waals surface area contributed by atoms with Crippen molar-refractivity contribution in [2.75, 3.05) is 46.3 Å². The van der Waals surface area contributed by atoms with Crippen LogP contribution in [0.3, 0.4) is 0 Å². The number of esters is 2. The average Bonchev–Trinajstić information content (AvgIpc) is 2.67. The molecule has 1 aliphatic heterocycles. The Kier molecular flexibility index (Phi) is 7.60. The Morgan fingerprint density at radius 2 is 1.96 bits per heavy atom. The molecule has 0 atom stereocenters. The van der Waals surface area contributed by atoms with Gasteiger partial charge in [-0.1, -0.05) is 6.07 Å². The Balaban J connectivity index is 2.16. The van der Waals surface area contributed by atoms with Gasteiger partial charge in [0.25, 0.3) is 0 Å². The second-order valence-corrected chi connectivity index (χ2v) is 6.37. The number of para-hydroxylation sites is 1. The molecule has 2 rings (SSSR count). The van der Waals surface area contributed by atoms with Crippen molar-refractivity contribution in [1.29, 1.82) is 0 Å². The molecular weight excluding hydrogens is 355 g/mol. The molecule has 7 nitrogen and oxygen atoms in total. The van der Waals surface area contributed by atoms with Crippen LogP contribution in [0.15, 0.2) is 30.0 Å². The van der Waals surface area contributed by atoms with Gasteiger partial charge in [0.05, 0.1) is 32.6 Å². The lowest BCUT2D eigenvalue weighted by Gasteiger charge is -2.29. The number of likely N-dealkylation sites (tertiary alicyclic amines) is 1. The molecule has 8 heteroatoms. The van der Waals surface area contributed by atoms with E-state index in [-0.39, 0.29) is 17.1 Å². The van der Waals surface area contributed by atoms with Gasteiger partial charge in [0.2, 0.25) is 0 Å². The lowest BCUT2D eigenvalue weighted by atomic mass is 9.98. The smallest absolute Gasteiger partial charge is 0.354 e. The van der Waals surface area contributed by atoms with Crippen LogP contribution in [-0.4, -0.2) is 57.8 Å². The van der Waals surface area contributed by atoms with Gasteiger partial charge in [-0.2, -0.15) is 0 Å². The zero-order chi connectivity index (χ0) is 19.8. The third-order valence-electron chi connectivity index (χ3n) is 4.41. The van der Waals surface area contributed by atoms with Gasteiger partial charge in [0.15, 0.2) is 11.6 Å². The summed E-state index contributed by atoms with van der Waals surface area (Å²) < 4.78 is 29.2. The van der Waals surface area contributed by atoms with Gasteiger partial charge in [-0.25, -0.2) is 14.0 Å². The van der Waals surface area contributed by atoms with Gasteiger partial charge in [-0.15, -0.1) is 0 Å². The van der Waals surface area contributed by atoms with E-state index >= 15 is 0 Å². The van der Waals surface area contributed by atoms with E-state index in [0.29, 0.717) is 12.5 Å². The molecule has 1 N–H and O–H groups in total. The number of hydrogen-bond donors (Lipinski definition) is 1. The topological polar surface area (TPSA) is 77.1 Å². The number of carbonyl (C=O) groups excluding carboxylic acids is 2. The first kappa shape index (κ1) is 20.7. The first-order valence-electron chi connectivity index (χ1n) is 8.69. The summed E-state index contributed by atoms with van der Waals surface area (Å²) in [7, 11) is 4.43. The van der Waals surface area contributed by atoms with Crippen molar-refractivity contribution in [3.05, 3.63) is 35.8 Å². The minimum Gasteiger partial charge on any atom is -0.488 e. The maximum atomic E-state index is 14.3. The highest BCUT2D eigenvalue weighted by Gasteiger charge is 2.20. The van der Waals surface area contributed by atoms with Crippen molar-refractivity contribution in [2.45, 2.75) is 12.8 Å². The van der Waals surface area contributed by atoms with Crippen LogP contribution in [0.5, 0.6) is 5.75 Å². The fourth-order valence-corrected chi connectivity index (χ4v) is 2.76. The van der Waals surface area contributed by atoms with Gasteiger partial charge in [-0.3, -0.25) is 0 Å². The number of piperidine rings is 1. The van der Waals surface area contributed by atoms with Crippen LogP contribution in [0.4, 0.5) is 10.1 Å². The molecule has 0 bridgehead atoms. The predicted octanol–water partition coefficient (Wildman–Crippen LogP) is 2.19. The summed E-state index contributed by atoms with van der Waals surface area (Å²) in [5.74, 6) is -1.76. The highest BCUT2D eigenvalue weighted by Crippen LogP contribution is 2.30. The summed E-state index contributed by atoms with van der Waals surface area (Å²) in [6, 6.07) is 4.31. The number of carbonyl (C=O) groups is 2. The van der Waals surface area contributed by atoms with Crippen LogP contribution in [0, 0.1) is 11.7 Å². The number of benzene rings is 1. The molecule has 1 heterocycles. The van der Waals surface area contributed by atoms with Crippen molar-refractivity contribution in [1.82, 2.24) is 4.90 Å². The van der Waals surface area contributed by atoms with Crippen LogP contribution in [0.1, 0.15) is 12.8 Å². The molecule has 1 aliphatic rings. The monoisotopic (exact) mass is 380 g/mol. The molecule has 0 unspecified atom stereocenters. The Hall–Kier alpha value is -2.61. The highest BCUT2D eigenvalue weighted by molar-refractivity contribution is 5.99. The molecule has 27 heavy (non-hydrogen) atoms. The molecule has 148 valence electrons. The number of rotatable bonds is 7. The highest BCUT2D eigenvalue weighted by atomic mass is 19.1. The molecule has 0 amide bonds. The van der Waals surface area contributed by atoms with Crippen LogP contribution in [0.25, 0.3) is 0 Å². The van der Waals surface area contributed by atoms with Gasteiger partial charge in [0, 0.05) is 0 Å². The van der Waals surface area contributed by atoms with E-state index in [1.807, 2.05) is 0 Å². The van der Waals surface area contributed by atoms with Crippen LogP contribution in [0.2, 0.25) is 0 Å². The zero-order valence-electron chi connectivity index (χ0n) is 15.8. The predicted molar refractivity (Wildman–Crippen MR) is 97.9 cm³/mol. The molecule has 0 saturated carbocycles. The molecule has 0 aromatic heterocycles. The standard InChI is InChI=1S/C19H25FN2O5/c1-22-9-7-13(8-10-22)12-27-18-14(20)5-4-6-15(18)21-16(19(24)26-3)11-17(23)25-2/h4-6,11,13,21H,7-10,12H2,1-3H3/b16-11+. The van der Waals surface area contributed by atoms with Crippen molar-refractivity contribution in [3.63, 3.8) is 0 Å². The quantitative estimate of drug-likeness (QED) is 0.574. The first-order chi connectivity index (χ1) is 12.9. The first-order valence-corrected chi connectivity index (χ1v) is 8.69. The minimum absolute atomic E-state index is 0.00361. The Labute approximate surface area is 158 Å². The number of nitrogens with zero attached hydrogens (tertiary/aromatic N) is 1. The van der Waals surface area contributed by atoms with E-state index in [2.05, 4.69) is 26.7 Å². The van der Waals surface area contributed by atoms with Crippen molar-refractivity contribution in [3.8, 4) is 5.75 Å². The van der Waals surface area contributed by atoms with Gasteiger partial charge < -0.3 is 24.4 Å². The van der Waals surface area contributed by atoms with E-state index < -0.39 is 17.8 Å². The summed E-state index contributed by atoms with van der Waals surface area (Å²) in [4.78, 5) is 25.6. The minimum atomic E-state index is -0.786. The Morgan fingerprint density at radius 3 is 2.59 bits per heavy atom. The fourth-order valence-electron chi connectivity index (χ4n) is 2.76. The third kappa shape index (κ3) is 5.96. The lowest BCUT2D eigenvalue weighted by molar-refractivity contribution is -0.138. The van der Waals surface area contributed by atoms with Crippen molar-refractivity contribution >= 4 is 17.6 Å². The number of hydrogen-bond acceptors (Lipinski definition) is 7. The van der Waals surface area contributed by atoms with E-state index in [1.54, 1.807) is 6.07 Å². The van der Waals surface area contributed by atoms with Gasteiger partial charge in [0.1, 0.15) is 5.70 Å². The van der Waals surface area contributed by atoms with E-state index in [4.69, 9.17) is 4.74 Å². The number of methoxy groups -OCH3 is 2. The fraction of sp³-hybridized carbons (Fsp3) is 0.474. The zero-order valence-corrected chi connectivity index (χ0v) is 15.8.